The summed E-state index contributed by atoms with van der Waals surface area (Å²) >= 11 is 0. The minimum absolute atomic E-state index is 0.371. The number of nitriles is 1. The average molecular weight is 147 g/mol. The van der Waals surface area contributed by atoms with Crippen molar-refractivity contribution in [1.29, 1.82) is 5.26 Å². The molecule has 0 saturated carbocycles. The van der Waals surface area contributed by atoms with Gasteiger partial charge in [-0.15, -0.1) is 0 Å². The van der Waals surface area contributed by atoms with E-state index in [1.807, 2.05) is 19.1 Å². The third-order valence-electron chi connectivity index (χ3n) is 1.40. The van der Waals surface area contributed by atoms with Gasteiger partial charge in [0.25, 0.3) is 0 Å². The molecule has 0 radical (unpaired) electrons. The molecule has 1 heterocycles. The van der Waals surface area contributed by atoms with Gasteiger partial charge in [-0.2, -0.15) is 5.26 Å². The molecule has 56 valence electrons. The maximum absolute atomic E-state index is 8.37. The molecule has 0 aliphatic heterocycles. The standard InChI is InChI=1S/C8H9N3/c1-2-7-5-8(3-4-9)11-6-10-7/h5-6H,2-3H2,1H3. The fourth-order valence-electron chi connectivity index (χ4n) is 0.815. The van der Waals surface area contributed by atoms with Crippen LogP contribution < -0.4 is 0 Å². The second kappa shape index (κ2) is 3.67. The predicted octanol–water partition coefficient (Wildman–Crippen LogP) is 1.11. The lowest BCUT2D eigenvalue weighted by atomic mass is 10.2. The Kier molecular flexibility index (Phi) is 2.56. The summed E-state index contributed by atoms with van der Waals surface area (Å²) in [6, 6.07) is 3.91. The summed E-state index contributed by atoms with van der Waals surface area (Å²) in [5.41, 5.74) is 1.80. The van der Waals surface area contributed by atoms with Gasteiger partial charge in [-0.1, -0.05) is 6.92 Å². The van der Waals surface area contributed by atoms with Gasteiger partial charge < -0.3 is 0 Å². The van der Waals surface area contributed by atoms with E-state index in [0.717, 1.165) is 17.8 Å². The Bertz CT molecular complexity index is 275. The molecule has 3 heteroatoms. The highest BCUT2D eigenvalue weighted by molar-refractivity contribution is 5.11. The molecule has 3 nitrogen and oxygen atoms in total. The summed E-state index contributed by atoms with van der Waals surface area (Å²) in [5.74, 6) is 0. The van der Waals surface area contributed by atoms with E-state index < -0.39 is 0 Å². The molecule has 0 unspecified atom stereocenters. The second-order valence-electron chi connectivity index (χ2n) is 2.19. The normalized spacial score (nSPS) is 9.09. The molecular formula is C8H9N3. The van der Waals surface area contributed by atoms with Gasteiger partial charge >= 0.3 is 0 Å². The monoisotopic (exact) mass is 147 g/mol. The van der Waals surface area contributed by atoms with Gasteiger partial charge in [0.05, 0.1) is 18.2 Å². The van der Waals surface area contributed by atoms with Crippen molar-refractivity contribution < 1.29 is 0 Å². The van der Waals surface area contributed by atoms with E-state index in [-0.39, 0.29) is 0 Å². The molecule has 0 bridgehead atoms. The van der Waals surface area contributed by atoms with Crippen LogP contribution >= 0.6 is 0 Å². The van der Waals surface area contributed by atoms with E-state index in [9.17, 15) is 0 Å². The van der Waals surface area contributed by atoms with Crippen LogP contribution in [-0.4, -0.2) is 9.97 Å². The van der Waals surface area contributed by atoms with Gasteiger partial charge in [-0.25, -0.2) is 9.97 Å². The Hall–Kier alpha value is -1.43. The van der Waals surface area contributed by atoms with E-state index in [1.54, 1.807) is 0 Å². The zero-order valence-corrected chi connectivity index (χ0v) is 6.41. The van der Waals surface area contributed by atoms with Crippen LogP contribution in [0.25, 0.3) is 0 Å². The number of aryl methyl sites for hydroxylation is 1. The first kappa shape index (κ1) is 7.67. The van der Waals surface area contributed by atoms with Gasteiger partial charge in [0, 0.05) is 5.69 Å². The van der Waals surface area contributed by atoms with Crippen LogP contribution in [-0.2, 0) is 12.8 Å². The molecule has 11 heavy (non-hydrogen) atoms. The van der Waals surface area contributed by atoms with Crippen LogP contribution in [0, 0.1) is 11.3 Å². The molecule has 0 aliphatic rings. The van der Waals surface area contributed by atoms with Crippen molar-refractivity contribution in [2.24, 2.45) is 0 Å². The molecule has 1 rings (SSSR count). The molecule has 0 amide bonds. The predicted molar refractivity (Wildman–Crippen MR) is 40.7 cm³/mol. The number of rotatable bonds is 2. The molecule has 1 aromatic heterocycles. The zero-order chi connectivity index (χ0) is 8.10. The van der Waals surface area contributed by atoms with E-state index >= 15 is 0 Å². The maximum Gasteiger partial charge on any atom is 0.115 e. The summed E-state index contributed by atoms with van der Waals surface area (Å²) < 4.78 is 0. The third kappa shape index (κ3) is 2.01. The number of nitrogens with zero attached hydrogens (tertiary/aromatic N) is 3. The van der Waals surface area contributed by atoms with Crippen LogP contribution in [0.2, 0.25) is 0 Å². The van der Waals surface area contributed by atoms with E-state index in [4.69, 9.17) is 5.26 Å². The smallest absolute Gasteiger partial charge is 0.115 e. The molecular weight excluding hydrogens is 138 g/mol. The first-order chi connectivity index (χ1) is 5.36. The van der Waals surface area contributed by atoms with Gasteiger partial charge in [0.15, 0.2) is 0 Å². The minimum Gasteiger partial charge on any atom is -0.241 e. The topological polar surface area (TPSA) is 49.6 Å². The second-order valence-corrected chi connectivity index (χ2v) is 2.19. The highest BCUT2D eigenvalue weighted by atomic mass is 14.8. The van der Waals surface area contributed by atoms with Crippen molar-refractivity contribution in [1.82, 2.24) is 9.97 Å². The van der Waals surface area contributed by atoms with Crippen LogP contribution in [0.3, 0.4) is 0 Å². The molecule has 0 atom stereocenters. The summed E-state index contributed by atoms with van der Waals surface area (Å²) in [4.78, 5) is 7.96. The first-order valence-electron chi connectivity index (χ1n) is 3.53. The Morgan fingerprint density at radius 1 is 1.45 bits per heavy atom. The summed E-state index contributed by atoms with van der Waals surface area (Å²) in [7, 11) is 0. The highest BCUT2D eigenvalue weighted by Crippen LogP contribution is 1.98. The fourth-order valence-corrected chi connectivity index (χ4v) is 0.815. The molecule has 0 saturated heterocycles. The first-order valence-corrected chi connectivity index (χ1v) is 3.53. The Labute approximate surface area is 65.7 Å². The van der Waals surface area contributed by atoms with Gasteiger partial charge in [-0.3, -0.25) is 0 Å². The van der Waals surface area contributed by atoms with Crippen molar-refractivity contribution in [2.75, 3.05) is 0 Å². The number of aromatic nitrogens is 2. The summed E-state index contributed by atoms with van der Waals surface area (Å²) in [6.45, 7) is 2.03. The lowest BCUT2D eigenvalue weighted by Gasteiger charge is -1.95. The van der Waals surface area contributed by atoms with Crippen LogP contribution in [0.5, 0.6) is 0 Å². The van der Waals surface area contributed by atoms with Crippen LogP contribution in [0.15, 0.2) is 12.4 Å². The van der Waals surface area contributed by atoms with Gasteiger partial charge in [0.1, 0.15) is 6.33 Å². The fraction of sp³-hybridized carbons (Fsp3) is 0.375. The van der Waals surface area contributed by atoms with Crippen LogP contribution in [0.1, 0.15) is 18.3 Å². The lowest BCUT2D eigenvalue weighted by molar-refractivity contribution is 0.959. The SMILES string of the molecule is CCc1cc(CC#N)ncn1. The van der Waals surface area contributed by atoms with Crippen molar-refractivity contribution in [3.05, 3.63) is 23.8 Å². The molecule has 1 aromatic rings. The van der Waals surface area contributed by atoms with Gasteiger partial charge in [-0.05, 0) is 12.5 Å². The van der Waals surface area contributed by atoms with E-state index in [1.165, 1.54) is 6.33 Å². The van der Waals surface area contributed by atoms with Gasteiger partial charge in [0.2, 0.25) is 0 Å². The lowest BCUT2D eigenvalue weighted by Crippen LogP contribution is -1.93. The van der Waals surface area contributed by atoms with Crippen molar-refractivity contribution in [3.8, 4) is 6.07 Å². The molecule has 0 N–H and O–H groups in total. The Morgan fingerprint density at radius 2 is 2.18 bits per heavy atom. The third-order valence-corrected chi connectivity index (χ3v) is 1.40. The van der Waals surface area contributed by atoms with Crippen molar-refractivity contribution in [3.63, 3.8) is 0 Å². The van der Waals surface area contributed by atoms with E-state index in [2.05, 4.69) is 9.97 Å². The number of hydrogen-bond acceptors (Lipinski definition) is 3. The molecule has 0 spiro atoms. The highest BCUT2D eigenvalue weighted by Gasteiger charge is 1.94. The Balaban J connectivity index is 2.84. The quantitative estimate of drug-likeness (QED) is 0.629. The molecule has 0 aromatic carbocycles. The zero-order valence-electron chi connectivity index (χ0n) is 6.41. The largest absolute Gasteiger partial charge is 0.241 e. The van der Waals surface area contributed by atoms with Crippen LogP contribution in [0.4, 0.5) is 0 Å². The maximum atomic E-state index is 8.37. The summed E-state index contributed by atoms with van der Waals surface area (Å²) in [6.07, 6.45) is 2.77. The summed E-state index contributed by atoms with van der Waals surface area (Å²) in [5, 5.41) is 8.37. The van der Waals surface area contributed by atoms with Crippen molar-refractivity contribution >= 4 is 0 Å². The molecule has 0 aliphatic carbocycles. The van der Waals surface area contributed by atoms with E-state index in [0.29, 0.717) is 6.42 Å². The average Bonchev–Trinajstić information content (AvgIpc) is 2.06. The minimum atomic E-state index is 0.371. The number of hydrogen-bond donors (Lipinski definition) is 0. The Morgan fingerprint density at radius 3 is 2.82 bits per heavy atom. The molecule has 0 fully saturated rings. The van der Waals surface area contributed by atoms with Crippen molar-refractivity contribution in [2.45, 2.75) is 19.8 Å².